The zero-order valence-corrected chi connectivity index (χ0v) is 5.13. The predicted molar refractivity (Wildman–Crippen MR) is 35.0 cm³/mol. The number of H-pyrrole nitrogens is 1. The summed E-state index contributed by atoms with van der Waals surface area (Å²) in [5, 5.41) is 9.93. The summed E-state index contributed by atoms with van der Waals surface area (Å²) in [6, 6.07) is 1.81. The number of hydrogen-bond donors (Lipinski definition) is 2. The summed E-state index contributed by atoms with van der Waals surface area (Å²) in [6.07, 6.45) is 1.66. The van der Waals surface area contributed by atoms with E-state index in [9.17, 15) is 0 Å². The Morgan fingerprint density at radius 2 is 2.67 bits per heavy atom. The van der Waals surface area contributed by atoms with Gasteiger partial charge in [0.15, 0.2) is 0 Å². The van der Waals surface area contributed by atoms with Crippen LogP contribution in [0.25, 0.3) is 0 Å². The van der Waals surface area contributed by atoms with Gasteiger partial charge in [0.25, 0.3) is 0 Å². The van der Waals surface area contributed by atoms with E-state index >= 15 is 0 Å². The fraction of sp³-hybridized carbons (Fsp3) is 0.200. The number of hydrogen-bond acceptors (Lipinski definition) is 3. The van der Waals surface area contributed by atoms with E-state index in [2.05, 4.69) is 15.3 Å². The number of nitrogens with zero attached hydrogens (tertiary/aromatic N) is 2. The van der Waals surface area contributed by atoms with Crippen molar-refractivity contribution in [3.05, 3.63) is 18.0 Å². The molecule has 1 rings (SSSR count). The van der Waals surface area contributed by atoms with Gasteiger partial charge >= 0.3 is 0 Å². The highest BCUT2D eigenvalue weighted by Gasteiger charge is 1.94. The second kappa shape index (κ2) is 2.30. The Morgan fingerprint density at radius 3 is 3.11 bits per heavy atom. The normalized spacial score (nSPS) is 11.9. The van der Waals surface area contributed by atoms with Gasteiger partial charge in [0, 0.05) is 6.20 Å². The Kier molecular flexibility index (Phi) is 1.48. The molecule has 0 radical (unpaired) electrons. The minimum absolute atomic E-state index is 0.757. The van der Waals surface area contributed by atoms with Crippen molar-refractivity contribution in [1.82, 2.24) is 10.2 Å². The van der Waals surface area contributed by atoms with Crippen LogP contribution >= 0.6 is 0 Å². The highest BCUT2D eigenvalue weighted by molar-refractivity contribution is 5.96. The van der Waals surface area contributed by atoms with Crippen molar-refractivity contribution in [1.29, 1.82) is 0 Å². The third-order valence-electron chi connectivity index (χ3n) is 1.08. The molecule has 0 aliphatic carbocycles. The van der Waals surface area contributed by atoms with Crippen LogP contribution in [0.4, 0.5) is 0 Å². The maximum absolute atomic E-state index is 5.00. The van der Waals surface area contributed by atoms with Crippen LogP contribution in [0.3, 0.4) is 0 Å². The molecule has 0 saturated heterocycles. The van der Waals surface area contributed by atoms with E-state index in [0.29, 0.717) is 0 Å². The molecular weight excluding hydrogens is 116 g/mol. The van der Waals surface area contributed by atoms with Gasteiger partial charge in [-0.15, -0.1) is 0 Å². The van der Waals surface area contributed by atoms with E-state index in [1.807, 2.05) is 13.0 Å². The number of aromatic nitrogens is 2. The van der Waals surface area contributed by atoms with Gasteiger partial charge in [-0.05, 0) is 13.0 Å². The van der Waals surface area contributed by atoms with Crippen LogP contribution in [0.5, 0.6) is 0 Å². The number of nitrogens with one attached hydrogen (secondary N) is 1. The molecule has 0 saturated carbocycles. The molecule has 0 atom stereocenters. The fourth-order valence-corrected chi connectivity index (χ4v) is 0.527. The van der Waals surface area contributed by atoms with Crippen LogP contribution in [0.1, 0.15) is 12.6 Å². The van der Waals surface area contributed by atoms with Crippen molar-refractivity contribution in [2.75, 3.05) is 0 Å². The van der Waals surface area contributed by atoms with Crippen molar-refractivity contribution in [2.24, 2.45) is 10.9 Å². The zero-order valence-electron chi connectivity index (χ0n) is 5.13. The Labute approximate surface area is 52.8 Å². The smallest absolute Gasteiger partial charge is 0.0819 e. The highest BCUT2D eigenvalue weighted by Crippen LogP contribution is 1.91. The third kappa shape index (κ3) is 1.07. The van der Waals surface area contributed by atoms with E-state index in [-0.39, 0.29) is 0 Å². The standard InChI is InChI=1S/C5H8N4/c1-4(8-6)5-2-3-7-9-5/h2-3H,6H2,1H3,(H,7,9)/b8-4+. The first-order valence-corrected chi connectivity index (χ1v) is 2.59. The lowest BCUT2D eigenvalue weighted by Crippen LogP contribution is -1.98. The molecule has 4 nitrogen and oxygen atoms in total. The maximum atomic E-state index is 5.00. The molecule has 48 valence electrons. The summed E-state index contributed by atoms with van der Waals surface area (Å²) < 4.78 is 0. The largest absolute Gasteiger partial charge is 0.323 e. The molecule has 0 bridgehead atoms. The zero-order chi connectivity index (χ0) is 6.69. The molecule has 0 aromatic carbocycles. The Bertz CT molecular complexity index is 199. The summed E-state index contributed by atoms with van der Waals surface area (Å²) >= 11 is 0. The lowest BCUT2D eigenvalue weighted by molar-refractivity contribution is 1.07. The average Bonchev–Trinajstić information content (AvgIpc) is 2.37. The summed E-state index contributed by atoms with van der Waals surface area (Å²) in [5.74, 6) is 5.00. The summed E-state index contributed by atoms with van der Waals surface area (Å²) in [4.78, 5) is 0. The molecule has 3 N–H and O–H groups in total. The lowest BCUT2D eigenvalue weighted by Gasteiger charge is -1.88. The molecule has 9 heavy (non-hydrogen) atoms. The van der Waals surface area contributed by atoms with Crippen molar-refractivity contribution in [2.45, 2.75) is 6.92 Å². The SMILES string of the molecule is C/C(=N\N)c1ccn[nH]1. The van der Waals surface area contributed by atoms with Gasteiger partial charge < -0.3 is 5.84 Å². The molecule has 4 heteroatoms. The van der Waals surface area contributed by atoms with Crippen molar-refractivity contribution < 1.29 is 0 Å². The molecule has 1 aromatic heterocycles. The molecule has 0 amide bonds. The van der Waals surface area contributed by atoms with E-state index in [1.54, 1.807) is 6.20 Å². The first kappa shape index (κ1) is 5.81. The topological polar surface area (TPSA) is 67.1 Å². The van der Waals surface area contributed by atoms with Crippen LogP contribution < -0.4 is 5.84 Å². The van der Waals surface area contributed by atoms with Crippen molar-refractivity contribution in [3.8, 4) is 0 Å². The number of aromatic amines is 1. The Morgan fingerprint density at radius 1 is 1.89 bits per heavy atom. The predicted octanol–water partition coefficient (Wildman–Crippen LogP) is 0.0924. The number of nitrogens with two attached hydrogens (primary N) is 1. The second-order valence-corrected chi connectivity index (χ2v) is 1.68. The fourth-order valence-electron chi connectivity index (χ4n) is 0.527. The van der Waals surface area contributed by atoms with Gasteiger partial charge in [-0.2, -0.15) is 10.2 Å². The molecule has 0 spiro atoms. The van der Waals surface area contributed by atoms with Gasteiger partial charge in [0.05, 0.1) is 11.4 Å². The van der Waals surface area contributed by atoms with E-state index < -0.39 is 0 Å². The van der Waals surface area contributed by atoms with Gasteiger partial charge in [-0.1, -0.05) is 0 Å². The average molecular weight is 124 g/mol. The molecule has 1 heterocycles. The van der Waals surface area contributed by atoms with Crippen LogP contribution in [-0.4, -0.2) is 15.9 Å². The van der Waals surface area contributed by atoms with Gasteiger partial charge in [-0.3, -0.25) is 5.10 Å². The number of hydrazone groups is 1. The van der Waals surface area contributed by atoms with Crippen molar-refractivity contribution in [3.63, 3.8) is 0 Å². The minimum atomic E-state index is 0.757. The van der Waals surface area contributed by atoms with Gasteiger partial charge in [-0.25, -0.2) is 0 Å². The summed E-state index contributed by atoms with van der Waals surface area (Å²) in [6.45, 7) is 1.81. The maximum Gasteiger partial charge on any atom is 0.0819 e. The third-order valence-corrected chi connectivity index (χ3v) is 1.08. The van der Waals surface area contributed by atoms with E-state index in [0.717, 1.165) is 11.4 Å². The van der Waals surface area contributed by atoms with Gasteiger partial charge in [0.1, 0.15) is 0 Å². The van der Waals surface area contributed by atoms with Crippen molar-refractivity contribution >= 4 is 5.71 Å². The first-order chi connectivity index (χ1) is 4.34. The first-order valence-electron chi connectivity index (χ1n) is 2.59. The van der Waals surface area contributed by atoms with Crippen LogP contribution in [0.15, 0.2) is 17.4 Å². The Balaban J connectivity index is 2.90. The minimum Gasteiger partial charge on any atom is -0.323 e. The molecule has 0 unspecified atom stereocenters. The lowest BCUT2D eigenvalue weighted by atomic mass is 10.3. The molecule has 0 aliphatic heterocycles. The monoisotopic (exact) mass is 124 g/mol. The summed E-state index contributed by atoms with van der Waals surface area (Å²) in [5.41, 5.74) is 1.62. The van der Waals surface area contributed by atoms with E-state index in [4.69, 9.17) is 5.84 Å². The number of rotatable bonds is 1. The quantitative estimate of drug-likeness (QED) is 0.316. The summed E-state index contributed by atoms with van der Waals surface area (Å²) in [7, 11) is 0. The molecular formula is C5H8N4. The molecule has 0 aliphatic rings. The Hall–Kier alpha value is -1.32. The van der Waals surface area contributed by atoms with Crippen LogP contribution in [-0.2, 0) is 0 Å². The van der Waals surface area contributed by atoms with E-state index in [1.165, 1.54) is 0 Å². The molecule has 0 fully saturated rings. The highest BCUT2D eigenvalue weighted by atomic mass is 15.2. The molecule has 1 aromatic rings. The van der Waals surface area contributed by atoms with Crippen LogP contribution in [0, 0.1) is 0 Å². The second-order valence-electron chi connectivity index (χ2n) is 1.68. The van der Waals surface area contributed by atoms with Crippen LogP contribution in [0.2, 0.25) is 0 Å². The van der Waals surface area contributed by atoms with Gasteiger partial charge in [0.2, 0.25) is 0 Å².